The number of pyridine rings is 1. The molecule has 144 valence electrons. The molecule has 0 aromatic carbocycles. The van der Waals surface area contributed by atoms with Gasteiger partial charge in [-0.25, -0.2) is 18.9 Å². The molecular weight excluding hydrogens is 347 g/mol. The molecule has 0 radical (unpaired) electrons. The van der Waals surface area contributed by atoms with Crippen LogP contribution in [0.3, 0.4) is 0 Å². The average Bonchev–Trinajstić information content (AvgIpc) is 3.08. The normalized spacial score (nSPS) is 12.4. The van der Waals surface area contributed by atoms with E-state index < -0.39 is 5.82 Å². The van der Waals surface area contributed by atoms with Crippen molar-refractivity contribution in [1.82, 2.24) is 19.6 Å². The standard InChI is InChI=1S/C19H25FN6O/c1-18(2,3)14-16(25-19(4,5)6)26-15(24-14)12(10-22-26)17(27)23-13-8-7-11(20)9-21-13/h7-10,22,25H,1-6H3,(H,21,23,27). The topological polar surface area (TPSA) is 87.1 Å². The number of rotatable bonds is 3. The fraction of sp³-hybridized carbons (Fsp3) is 0.421. The van der Waals surface area contributed by atoms with Gasteiger partial charge in [0.2, 0.25) is 0 Å². The van der Waals surface area contributed by atoms with Crippen LogP contribution in [0.15, 0.2) is 24.5 Å². The van der Waals surface area contributed by atoms with Crippen LogP contribution in [-0.4, -0.2) is 31.0 Å². The molecule has 0 unspecified atom stereocenters. The zero-order chi connectivity index (χ0) is 20.0. The van der Waals surface area contributed by atoms with E-state index >= 15 is 0 Å². The van der Waals surface area contributed by atoms with Crippen molar-refractivity contribution in [3.8, 4) is 0 Å². The fourth-order valence-electron chi connectivity index (χ4n) is 2.71. The van der Waals surface area contributed by atoms with Crippen molar-refractivity contribution >= 4 is 23.2 Å². The van der Waals surface area contributed by atoms with Crippen LogP contribution in [0.2, 0.25) is 0 Å². The summed E-state index contributed by atoms with van der Waals surface area (Å²) in [5, 5.41) is 9.24. The molecule has 3 aromatic heterocycles. The SMILES string of the molecule is CC(C)(C)Nc1c(C(C)(C)C)nc2c(C(=O)Nc3ccc(F)cn3)c[nH]n12. The predicted molar refractivity (Wildman–Crippen MR) is 104 cm³/mol. The van der Waals surface area contributed by atoms with Crippen LogP contribution in [0.1, 0.15) is 57.6 Å². The molecular formula is C19H25FN6O. The Morgan fingerprint density at radius 2 is 1.89 bits per heavy atom. The molecule has 3 rings (SSSR count). The monoisotopic (exact) mass is 372 g/mol. The van der Waals surface area contributed by atoms with Crippen LogP contribution < -0.4 is 10.6 Å². The number of nitrogens with zero attached hydrogens (tertiary/aromatic N) is 3. The van der Waals surface area contributed by atoms with Gasteiger partial charge >= 0.3 is 0 Å². The molecule has 3 heterocycles. The van der Waals surface area contributed by atoms with E-state index in [1.807, 2.05) is 0 Å². The number of H-pyrrole nitrogens is 1. The van der Waals surface area contributed by atoms with E-state index in [1.54, 1.807) is 10.7 Å². The maximum absolute atomic E-state index is 13.0. The first-order valence-electron chi connectivity index (χ1n) is 8.77. The minimum absolute atomic E-state index is 0.179. The van der Waals surface area contributed by atoms with Crippen LogP contribution in [0, 0.1) is 5.82 Å². The number of fused-ring (bicyclic) bond motifs is 1. The first-order chi connectivity index (χ1) is 12.5. The van der Waals surface area contributed by atoms with Crippen LogP contribution >= 0.6 is 0 Å². The number of halogens is 1. The molecule has 0 saturated heterocycles. The summed E-state index contributed by atoms with van der Waals surface area (Å²) >= 11 is 0. The number of hydrogen-bond acceptors (Lipinski definition) is 4. The summed E-state index contributed by atoms with van der Waals surface area (Å²) in [4.78, 5) is 21.3. The summed E-state index contributed by atoms with van der Waals surface area (Å²) in [6, 6.07) is 2.66. The molecule has 8 heteroatoms. The average molecular weight is 372 g/mol. The van der Waals surface area contributed by atoms with Crippen molar-refractivity contribution in [2.24, 2.45) is 0 Å². The Bertz CT molecular complexity index is 973. The van der Waals surface area contributed by atoms with Gasteiger partial charge in [0.25, 0.3) is 5.91 Å². The molecule has 3 aromatic rings. The molecule has 0 bridgehead atoms. The van der Waals surface area contributed by atoms with Gasteiger partial charge in [0, 0.05) is 17.2 Å². The summed E-state index contributed by atoms with van der Waals surface area (Å²) < 4.78 is 14.8. The molecule has 7 nitrogen and oxygen atoms in total. The van der Waals surface area contributed by atoms with E-state index in [2.05, 4.69) is 62.3 Å². The van der Waals surface area contributed by atoms with Gasteiger partial charge in [0.15, 0.2) is 11.5 Å². The molecule has 1 amide bonds. The lowest BCUT2D eigenvalue weighted by Gasteiger charge is -2.25. The summed E-state index contributed by atoms with van der Waals surface area (Å²) in [7, 11) is 0. The van der Waals surface area contributed by atoms with Crippen LogP contribution in [-0.2, 0) is 5.41 Å². The van der Waals surface area contributed by atoms with Crippen molar-refractivity contribution in [3.63, 3.8) is 0 Å². The molecule has 0 aliphatic heterocycles. The molecule has 0 atom stereocenters. The lowest BCUT2D eigenvalue weighted by Crippen LogP contribution is -2.29. The van der Waals surface area contributed by atoms with E-state index in [0.29, 0.717) is 11.2 Å². The van der Waals surface area contributed by atoms with Gasteiger partial charge in [-0.2, -0.15) is 0 Å². The van der Waals surface area contributed by atoms with Crippen molar-refractivity contribution < 1.29 is 9.18 Å². The summed E-state index contributed by atoms with van der Waals surface area (Å²) in [6.07, 6.45) is 2.66. The second-order valence-corrected chi connectivity index (χ2v) is 8.60. The van der Waals surface area contributed by atoms with E-state index in [1.165, 1.54) is 12.1 Å². The van der Waals surface area contributed by atoms with Gasteiger partial charge in [0.05, 0.1) is 11.9 Å². The molecule has 27 heavy (non-hydrogen) atoms. The van der Waals surface area contributed by atoms with Crippen molar-refractivity contribution in [2.45, 2.75) is 52.5 Å². The zero-order valence-electron chi connectivity index (χ0n) is 16.4. The Hall–Kier alpha value is -2.90. The second-order valence-electron chi connectivity index (χ2n) is 8.60. The van der Waals surface area contributed by atoms with E-state index in [4.69, 9.17) is 4.98 Å². The smallest absolute Gasteiger partial charge is 0.262 e. The van der Waals surface area contributed by atoms with E-state index in [-0.39, 0.29) is 22.7 Å². The van der Waals surface area contributed by atoms with Crippen molar-refractivity contribution in [3.05, 3.63) is 41.6 Å². The number of anilines is 2. The summed E-state index contributed by atoms with van der Waals surface area (Å²) in [6.45, 7) is 12.4. The number of hydrogen-bond donors (Lipinski definition) is 3. The van der Waals surface area contributed by atoms with Gasteiger partial charge < -0.3 is 10.6 Å². The zero-order valence-corrected chi connectivity index (χ0v) is 16.4. The van der Waals surface area contributed by atoms with E-state index in [9.17, 15) is 9.18 Å². The number of carbonyl (C=O) groups excluding carboxylic acids is 1. The highest BCUT2D eigenvalue weighted by Gasteiger charge is 2.29. The van der Waals surface area contributed by atoms with Crippen molar-refractivity contribution in [2.75, 3.05) is 10.6 Å². The summed E-state index contributed by atoms with van der Waals surface area (Å²) in [5.74, 6) is 0.270. The van der Waals surface area contributed by atoms with Crippen LogP contribution in [0.4, 0.5) is 16.0 Å². The number of amides is 1. The molecule has 3 N–H and O–H groups in total. The highest BCUT2D eigenvalue weighted by molar-refractivity contribution is 6.08. The van der Waals surface area contributed by atoms with E-state index in [0.717, 1.165) is 17.7 Å². The third-order valence-corrected chi connectivity index (χ3v) is 3.87. The Labute approximate surface area is 157 Å². The fourth-order valence-corrected chi connectivity index (χ4v) is 2.71. The Morgan fingerprint density at radius 1 is 1.19 bits per heavy atom. The minimum atomic E-state index is -0.460. The molecule has 0 aliphatic rings. The van der Waals surface area contributed by atoms with Crippen molar-refractivity contribution in [1.29, 1.82) is 0 Å². The summed E-state index contributed by atoms with van der Waals surface area (Å²) in [5.41, 5.74) is 1.37. The number of nitrogens with one attached hydrogen (secondary N) is 3. The first kappa shape index (κ1) is 18.9. The third kappa shape index (κ3) is 3.94. The minimum Gasteiger partial charge on any atom is -0.364 e. The maximum Gasteiger partial charge on any atom is 0.262 e. The Kier molecular flexibility index (Phi) is 4.45. The Morgan fingerprint density at radius 3 is 2.44 bits per heavy atom. The molecule has 0 saturated carbocycles. The molecule has 0 aliphatic carbocycles. The van der Waals surface area contributed by atoms with Gasteiger partial charge in [-0.3, -0.25) is 9.89 Å². The first-order valence-corrected chi connectivity index (χ1v) is 8.77. The van der Waals surface area contributed by atoms with Gasteiger partial charge in [-0.15, -0.1) is 0 Å². The van der Waals surface area contributed by atoms with Gasteiger partial charge in [-0.1, -0.05) is 20.8 Å². The lowest BCUT2D eigenvalue weighted by molar-refractivity contribution is 0.102. The Balaban J connectivity index is 2.02. The maximum atomic E-state index is 13.0. The van der Waals surface area contributed by atoms with Gasteiger partial charge in [-0.05, 0) is 32.9 Å². The third-order valence-electron chi connectivity index (χ3n) is 3.87. The molecule has 0 spiro atoms. The number of imidazole rings is 1. The highest BCUT2D eigenvalue weighted by atomic mass is 19.1. The van der Waals surface area contributed by atoms with Crippen LogP contribution in [0.25, 0.3) is 5.65 Å². The van der Waals surface area contributed by atoms with Gasteiger partial charge in [0.1, 0.15) is 17.2 Å². The largest absolute Gasteiger partial charge is 0.364 e. The second kappa shape index (κ2) is 6.37. The number of aromatic nitrogens is 4. The predicted octanol–water partition coefficient (Wildman–Crippen LogP) is 3.96. The van der Waals surface area contributed by atoms with Crippen LogP contribution in [0.5, 0.6) is 0 Å². The quantitative estimate of drug-likeness (QED) is 0.649. The highest BCUT2D eigenvalue weighted by Crippen LogP contribution is 2.32. The lowest BCUT2D eigenvalue weighted by atomic mass is 9.91. The number of aromatic amines is 1. The molecule has 0 fully saturated rings. The number of carbonyl (C=O) groups is 1.